The van der Waals surface area contributed by atoms with E-state index >= 15 is 0 Å². The molecule has 160 valence electrons. The van der Waals surface area contributed by atoms with Gasteiger partial charge in [-0.3, -0.25) is 14.7 Å². The number of likely N-dealkylation sites (tertiary alicyclic amines) is 2. The van der Waals surface area contributed by atoms with Gasteiger partial charge in [-0.05, 0) is 56.4 Å². The van der Waals surface area contributed by atoms with Crippen LogP contribution in [0.15, 0.2) is 36.5 Å². The molecular formula is C23H29ClN4O2. The quantitative estimate of drug-likeness (QED) is 0.802. The second-order valence-electron chi connectivity index (χ2n) is 9.12. The number of piperidine rings is 1. The van der Waals surface area contributed by atoms with Gasteiger partial charge in [-0.1, -0.05) is 37.6 Å². The molecule has 2 aliphatic heterocycles. The molecule has 3 heterocycles. The molecule has 1 N–H and O–H groups in total. The van der Waals surface area contributed by atoms with Crippen LogP contribution in [0.3, 0.4) is 0 Å². The lowest BCUT2D eigenvalue weighted by Gasteiger charge is -2.42. The summed E-state index contributed by atoms with van der Waals surface area (Å²) in [6.07, 6.45) is 4.84. The van der Waals surface area contributed by atoms with Crippen LogP contribution in [0.25, 0.3) is 0 Å². The van der Waals surface area contributed by atoms with Gasteiger partial charge in [0.2, 0.25) is 5.91 Å². The molecule has 1 aromatic heterocycles. The second-order valence-corrected chi connectivity index (χ2v) is 9.55. The van der Waals surface area contributed by atoms with Crippen LogP contribution < -0.4 is 0 Å². The van der Waals surface area contributed by atoms with Gasteiger partial charge in [0, 0.05) is 29.2 Å². The fourth-order valence-corrected chi connectivity index (χ4v) is 5.50. The third-order valence-electron chi connectivity index (χ3n) is 6.51. The molecule has 6 nitrogen and oxygen atoms in total. The molecule has 2 fully saturated rings. The number of hydrogen-bond acceptors (Lipinski definition) is 3. The van der Waals surface area contributed by atoms with Gasteiger partial charge in [0.25, 0.3) is 5.91 Å². The maximum Gasteiger partial charge on any atom is 0.272 e. The Hall–Kier alpha value is -2.34. The number of halogens is 1. The number of benzene rings is 1. The van der Waals surface area contributed by atoms with Gasteiger partial charge >= 0.3 is 0 Å². The molecule has 0 bridgehead atoms. The van der Waals surface area contributed by atoms with Crippen LogP contribution in [0.5, 0.6) is 0 Å². The minimum atomic E-state index is -0.429. The van der Waals surface area contributed by atoms with Gasteiger partial charge in [0.1, 0.15) is 5.69 Å². The summed E-state index contributed by atoms with van der Waals surface area (Å²) in [5.74, 6) is 0.0642. The highest BCUT2D eigenvalue weighted by molar-refractivity contribution is 6.30. The number of rotatable bonds is 4. The summed E-state index contributed by atoms with van der Waals surface area (Å²) in [5, 5.41) is 7.49. The first-order valence-electron chi connectivity index (χ1n) is 10.7. The lowest BCUT2D eigenvalue weighted by molar-refractivity contribution is -0.138. The van der Waals surface area contributed by atoms with Crippen LogP contribution >= 0.6 is 11.6 Å². The summed E-state index contributed by atoms with van der Waals surface area (Å²) in [4.78, 5) is 30.6. The van der Waals surface area contributed by atoms with Gasteiger partial charge in [0.05, 0.1) is 12.1 Å². The highest BCUT2D eigenvalue weighted by atomic mass is 35.5. The summed E-state index contributed by atoms with van der Waals surface area (Å²) < 4.78 is 0. The molecular weight excluding hydrogens is 400 g/mol. The SMILES string of the molecule is CC(C)C(=O)N1CCC[C@H]2[C@@H]1C[C@@](C)(Cc1cccc(Cl)c1)N2C(=O)c1ccn[nH]1. The van der Waals surface area contributed by atoms with Crippen LogP contribution in [0, 0.1) is 5.92 Å². The summed E-state index contributed by atoms with van der Waals surface area (Å²) >= 11 is 6.23. The van der Waals surface area contributed by atoms with Crippen LogP contribution in [0.4, 0.5) is 0 Å². The van der Waals surface area contributed by atoms with E-state index in [1.807, 2.05) is 41.8 Å². The average molecular weight is 429 g/mol. The Labute approximate surface area is 182 Å². The number of carbonyl (C=O) groups is 2. The van der Waals surface area contributed by atoms with Crippen LogP contribution in [-0.2, 0) is 11.2 Å². The number of amides is 2. The Morgan fingerprint density at radius 1 is 1.30 bits per heavy atom. The van der Waals surface area contributed by atoms with Crippen molar-refractivity contribution in [3.8, 4) is 0 Å². The maximum absolute atomic E-state index is 13.6. The predicted molar refractivity (Wildman–Crippen MR) is 116 cm³/mol. The highest BCUT2D eigenvalue weighted by Crippen LogP contribution is 2.44. The standard InChI is InChI=1S/C23H29ClN4O2/c1-15(2)21(29)27-11-5-8-19-20(27)14-23(3,13-16-6-4-7-17(24)12-16)28(19)22(30)18-9-10-25-26-18/h4,6-7,9-10,12,15,19-20H,5,8,11,13-14H2,1-3H3,(H,25,26)/t19-,20-,23+/m0/s1. The molecule has 0 spiro atoms. The van der Waals surface area contributed by atoms with Gasteiger partial charge in [-0.2, -0.15) is 5.10 Å². The summed E-state index contributed by atoms with van der Waals surface area (Å²) in [7, 11) is 0. The normalized spacial score (nSPS) is 26.2. The van der Waals surface area contributed by atoms with E-state index < -0.39 is 5.54 Å². The second kappa shape index (κ2) is 8.06. The number of fused-ring (bicyclic) bond motifs is 1. The molecule has 7 heteroatoms. The monoisotopic (exact) mass is 428 g/mol. The molecule has 2 amide bonds. The smallest absolute Gasteiger partial charge is 0.272 e. The molecule has 0 radical (unpaired) electrons. The fourth-order valence-electron chi connectivity index (χ4n) is 5.28. The molecule has 1 aromatic carbocycles. The molecule has 30 heavy (non-hydrogen) atoms. The number of H-pyrrole nitrogens is 1. The molecule has 0 unspecified atom stereocenters. The van der Waals surface area contributed by atoms with Crippen molar-refractivity contribution in [2.24, 2.45) is 5.92 Å². The van der Waals surface area contributed by atoms with Gasteiger partial charge in [-0.15, -0.1) is 0 Å². The van der Waals surface area contributed by atoms with E-state index in [-0.39, 0.29) is 29.8 Å². The van der Waals surface area contributed by atoms with Gasteiger partial charge in [-0.25, -0.2) is 0 Å². The summed E-state index contributed by atoms with van der Waals surface area (Å²) in [6, 6.07) is 9.57. The summed E-state index contributed by atoms with van der Waals surface area (Å²) in [6.45, 7) is 6.79. The minimum absolute atomic E-state index is 0.00133. The maximum atomic E-state index is 13.6. The van der Waals surface area contributed by atoms with E-state index in [4.69, 9.17) is 11.6 Å². The lowest BCUT2D eigenvalue weighted by Crippen LogP contribution is -2.55. The van der Waals surface area contributed by atoms with E-state index in [1.54, 1.807) is 12.3 Å². The van der Waals surface area contributed by atoms with E-state index in [2.05, 4.69) is 23.2 Å². The van der Waals surface area contributed by atoms with Gasteiger partial charge < -0.3 is 9.80 Å². The van der Waals surface area contributed by atoms with E-state index in [0.717, 1.165) is 31.4 Å². The van der Waals surface area contributed by atoms with Crippen molar-refractivity contribution < 1.29 is 9.59 Å². The number of nitrogens with zero attached hydrogens (tertiary/aromatic N) is 3. The zero-order valence-corrected chi connectivity index (χ0v) is 18.5. The first-order valence-corrected chi connectivity index (χ1v) is 11.1. The Morgan fingerprint density at radius 2 is 2.10 bits per heavy atom. The zero-order chi connectivity index (χ0) is 21.5. The molecule has 2 aromatic rings. The first kappa shape index (κ1) is 20.9. The molecule has 2 saturated heterocycles. The Kier molecular flexibility index (Phi) is 5.62. The third-order valence-corrected chi connectivity index (χ3v) is 6.74. The van der Waals surface area contributed by atoms with Crippen LogP contribution in [-0.4, -0.2) is 56.0 Å². The van der Waals surface area contributed by atoms with Crippen molar-refractivity contribution >= 4 is 23.4 Å². The van der Waals surface area contributed by atoms with E-state index in [0.29, 0.717) is 17.1 Å². The zero-order valence-electron chi connectivity index (χ0n) is 17.8. The Bertz CT molecular complexity index is 929. The Balaban J connectivity index is 1.72. The lowest BCUT2D eigenvalue weighted by atomic mass is 9.87. The number of aromatic amines is 1. The molecule has 2 aliphatic rings. The highest BCUT2D eigenvalue weighted by Gasteiger charge is 2.54. The molecule has 0 aliphatic carbocycles. The van der Waals surface area contributed by atoms with E-state index in [1.165, 1.54) is 0 Å². The van der Waals surface area contributed by atoms with Crippen molar-refractivity contribution in [1.82, 2.24) is 20.0 Å². The molecule has 4 rings (SSSR count). The number of nitrogens with one attached hydrogen (secondary N) is 1. The van der Waals surface area contributed by atoms with Crippen molar-refractivity contribution in [3.05, 3.63) is 52.8 Å². The predicted octanol–water partition coefficient (Wildman–Crippen LogP) is 3.93. The summed E-state index contributed by atoms with van der Waals surface area (Å²) in [5.41, 5.74) is 1.15. The molecule has 0 saturated carbocycles. The largest absolute Gasteiger partial charge is 0.337 e. The van der Waals surface area contributed by atoms with Crippen LogP contribution in [0.2, 0.25) is 5.02 Å². The number of hydrogen-bond donors (Lipinski definition) is 1. The number of aromatic nitrogens is 2. The Morgan fingerprint density at radius 3 is 2.77 bits per heavy atom. The number of carbonyl (C=O) groups excluding carboxylic acids is 2. The van der Waals surface area contributed by atoms with Crippen LogP contribution in [0.1, 0.15) is 56.1 Å². The van der Waals surface area contributed by atoms with Crippen molar-refractivity contribution in [2.75, 3.05) is 6.54 Å². The fraction of sp³-hybridized carbons (Fsp3) is 0.522. The van der Waals surface area contributed by atoms with E-state index in [9.17, 15) is 9.59 Å². The third kappa shape index (κ3) is 3.73. The van der Waals surface area contributed by atoms with Crippen molar-refractivity contribution in [3.63, 3.8) is 0 Å². The molecule has 3 atom stereocenters. The minimum Gasteiger partial charge on any atom is -0.337 e. The first-order chi connectivity index (χ1) is 14.3. The van der Waals surface area contributed by atoms with Crippen molar-refractivity contribution in [2.45, 2.75) is 64.1 Å². The average Bonchev–Trinajstić information content (AvgIpc) is 3.32. The van der Waals surface area contributed by atoms with Crippen molar-refractivity contribution in [1.29, 1.82) is 0 Å². The topological polar surface area (TPSA) is 69.3 Å². The van der Waals surface area contributed by atoms with Gasteiger partial charge in [0.15, 0.2) is 0 Å².